The number of unbranched alkanes of at least 4 members (excludes halogenated alkanes) is 1. The monoisotopic (exact) mass is 171 g/mol. The van der Waals surface area contributed by atoms with Gasteiger partial charge in [-0.15, -0.1) is 0 Å². The van der Waals surface area contributed by atoms with Crippen molar-refractivity contribution in [2.24, 2.45) is 0 Å². The largest absolute Gasteiger partial charge is 0.301 e. The molecule has 0 bridgehead atoms. The van der Waals surface area contributed by atoms with Gasteiger partial charge in [0.1, 0.15) is 0 Å². The Kier molecular flexibility index (Phi) is 7.58. The van der Waals surface area contributed by atoms with Crippen LogP contribution in [0.1, 0.15) is 53.4 Å². The number of nitrogens with zero attached hydrogens (tertiary/aromatic N) is 1. The van der Waals surface area contributed by atoms with Crippen LogP contribution in [0.4, 0.5) is 0 Å². The van der Waals surface area contributed by atoms with Crippen LogP contribution in [-0.2, 0) is 0 Å². The molecule has 0 aliphatic heterocycles. The van der Waals surface area contributed by atoms with Gasteiger partial charge < -0.3 is 4.90 Å². The predicted octanol–water partition coefficient (Wildman–Crippen LogP) is 3.30. The van der Waals surface area contributed by atoms with E-state index in [0.717, 1.165) is 6.04 Å². The molecular weight excluding hydrogens is 146 g/mol. The van der Waals surface area contributed by atoms with Crippen molar-refractivity contribution >= 4 is 0 Å². The molecule has 0 heterocycles. The van der Waals surface area contributed by atoms with Gasteiger partial charge in [0, 0.05) is 6.04 Å². The van der Waals surface area contributed by atoms with E-state index in [4.69, 9.17) is 0 Å². The smallest absolute Gasteiger partial charge is 0.00667 e. The fourth-order valence-electron chi connectivity index (χ4n) is 1.65. The summed E-state index contributed by atoms with van der Waals surface area (Å²) >= 11 is 0. The number of hydrogen-bond donors (Lipinski definition) is 0. The summed E-state index contributed by atoms with van der Waals surface area (Å²) in [6.07, 6.45) is 5.32. The molecule has 0 aliphatic carbocycles. The van der Waals surface area contributed by atoms with Crippen LogP contribution in [0, 0.1) is 0 Å². The van der Waals surface area contributed by atoms with Gasteiger partial charge in [-0.25, -0.2) is 0 Å². The lowest BCUT2D eigenvalue weighted by atomic mass is 10.1. The van der Waals surface area contributed by atoms with Crippen LogP contribution in [0.25, 0.3) is 0 Å². The average Bonchev–Trinajstić information content (AvgIpc) is 2.06. The van der Waals surface area contributed by atoms with Crippen molar-refractivity contribution in [1.82, 2.24) is 4.90 Å². The van der Waals surface area contributed by atoms with Crippen molar-refractivity contribution < 1.29 is 0 Å². The molecule has 0 radical (unpaired) electrons. The number of rotatable bonds is 7. The highest BCUT2D eigenvalue weighted by Gasteiger charge is 2.09. The van der Waals surface area contributed by atoms with E-state index in [0.29, 0.717) is 0 Å². The van der Waals surface area contributed by atoms with Crippen LogP contribution in [0.2, 0.25) is 0 Å². The maximum Gasteiger partial charge on any atom is 0.00667 e. The Hall–Kier alpha value is -0.0400. The minimum atomic E-state index is 0.784. The normalized spacial score (nSPS) is 13.8. The molecular formula is C11H25N. The third-order valence-electron chi connectivity index (χ3n) is 2.53. The lowest BCUT2D eigenvalue weighted by molar-refractivity contribution is 0.206. The summed E-state index contributed by atoms with van der Waals surface area (Å²) in [6, 6.07) is 0.784. The van der Waals surface area contributed by atoms with Gasteiger partial charge in [-0.1, -0.05) is 33.6 Å². The first-order chi connectivity index (χ1) is 5.76. The molecule has 0 aromatic heterocycles. The van der Waals surface area contributed by atoms with Gasteiger partial charge in [0.05, 0.1) is 0 Å². The van der Waals surface area contributed by atoms with Crippen LogP contribution >= 0.6 is 0 Å². The van der Waals surface area contributed by atoms with Gasteiger partial charge >= 0.3 is 0 Å². The van der Waals surface area contributed by atoms with Crippen LogP contribution < -0.4 is 0 Å². The molecule has 0 rings (SSSR count). The second kappa shape index (κ2) is 7.60. The van der Waals surface area contributed by atoms with Crippen molar-refractivity contribution in [3.8, 4) is 0 Å². The Morgan fingerprint density at radius 2 is 1.75 bits per heavy atom. The van der Waals surface area contributed by atoms with Crippen molar-refractivity contribution in [3.05, 3.63) is 0 Å². The Bertz CT molecular complexity index is 91.0. The van der Waals surface area contributed by atoms with Crippen molar-refractivity contribution in [2.75, 3.05) is 13.1 Å². The summed E-state index contributed by atoms with van der Waals surface area (Å²) in [5.41, 5.74) is 0. The highest BCUT2D eigenvalue weighted by Crippen LogP contribution is 2.07. The van der Waals surface area contributed by atoms with E-state index in [1.54, 1.807) is 0 Å². The molecule has 1 nitrogen and oxygen atoms in total. The molecule has 12 heavy (non-hydrogen) atoms. The van der Waals surface area contributed by atoms with Gasteiger partial charge in [0.2, 0.25) is 0 Å². The highest BCUT2D eigenvalue weighted by molar-refractivity contribution is 4.64. The summed E-state index contributed by atoms with van der Waals surface area (Å²) in [6.45, 7) is 11.6. The Balaban J connectivity index is 3.62. The first kappa shape index (κ1) is 12.0. The summed E-state index contributed by atoms with van der Waals surface area (Å²) in [4.78, 5) is 2.59. The maximum atomic E-state index is 2.59. The van der Waals surface area contributed by atoms with Crippen LogP contribution in [0.15, 0.2) is 0 Å². The van der Waals surface area contributed by atoms with E-state index in [1.165, 1.54) is 38.8 Å². The van der Waals surface area contributed by atoms with Gasteiger partial charge in [-0.2, -0.15) is 0 Å². The van der Waals surface area contributed by atoms with Crippen LogP contribution in [-0.4, -0.2) is 24.0 Å². The second-order valence-electron chi connectivity index (χ2n) is 3.62. The zero-order valence-electron chi connectivity index (χ0n) is 9.27. The zero-order chi connectivity index (χ0) is 9.40. The molecule has 0 spiro atoms. The molecule has 0 N–H and O–H groups in total. The second-order valence-corrected chi connectivity index (χ2v) is 3.62. The molecule has 0 aromatic rings. The van der Waals surface area contributed by atoms with E-state index < -0.39 is 0 Å². The lowest BCUT2D eigenvalue weighted by Gasteiger charge is -2.27. The minimum Gasteiger partial charge on any atom is -0.301 e. The third-order valence-corrected chi connectivity index (χ3v) is 2.53. The molecule has 0 fully saturated rings. The molecule has 74 valence electrons. The lowest BCUT2D eigenvalue weighted by Crippen LogP contribution is -2.33. The van der Waals surface area contributed by atoms with Crippen molar-refractivity contribution in [1.29, 1.82) is 0 Å². The fourth-order valence-corrected chi connectivity index (χ4v) is 1.65. The molecule has 0 saturated heterocycles. The van der Waals surface area contributed by atoms with Gasteiger partial charge in [0.25, 0.3) is 0 Å². The quantitative estimate of drug-likeness (QED) is 0.568. The van der Waals surface area contributed by atoms with Crippen molar-refractivity contribution in [3.63, 3.8) is 0 Å². The minimum absolute atomic E-state index is 0.784. The zero-order valence-corrected chi connectivity index (χ0v) is 9.27. The predicted molar refractivity (Wildman–Crippen MR) is 56.5 cm³/mol. The summed E-state index contributed by atoms with van der Waals surface area (Å²) in [7, 11) is 0. The van der Waals surface area contributed by atoms with E-state index in [9.17, 15) is 0 Å². The van der Waals surface area contributed by atoms with Crippen LogP contribution in [0.5, 0.6) is 0 Å². The third kappa shape index (κ3) is 4.76. The molecule has 1 heteroatoms. The van der Waals surface area contributed by atoms with E-state index >= 15 is 0 Å². The summed E-state index contributed by atoms with van der Waals surface area (Å²) in [5.74, 6) is 0. The molecule has 0 saturated carbocycles. The van der Waals surface area contributed by atoms with E-state index in [1.807, 2.05) is 0 Å². The molecule has 1 unspecified atom stereocenters. The molecule has 1 atom stereocenters. The highest BCUT2D eigenvalue weighted by atomic mass is 15.1. The SMILES string of the molecule is CCCCN(CC)C(C)CCC. The van der Waals surface area contributed by atoms with E-state index in [2.05, 4.69) is 32.6 Å². The Labute approximate surface area is 78.1 Å². The summed E-state index contributed by atoms with van der Waals surface area (Å²) < 4.78 is 0. The first-order valence-electron chi connectivity index (χ1n) is 5.50. The molecule has 0 aliphatic rings. The molecule has 0 amide bonds. The van der Waals surface area contributed by atoms with Gasteiger partial charge in [-0.3, -0.25) is 0 Å². The van der Waals surface area contributed by atoms with E-state index in [-0.39, 0.29) is 0 Å². The first-order valence-corrected chi connectivity index (χ1v) is 5.50. The Morgan fingerprint density at radius 1 is 1.08 bits per heavy atom. The van der Waals surface area contributed by atoms with Crippen LogP contribution in [0.3, 0.4) is 0 Å². The summed E-state index contributed by atoms with van der Waals surface area (Å²) in [5, 5.41) is 0. The average molecular weight is 171 g/mol. The topological polar surface area (TPSA) is 3.24 Å². The standard InChI is InChI=1S/C11H25N/c1-5-8-10-12(7-3)11(4)9-6-2/h11H,5-10H2,1-4H3. The van der Waals surface area contributed by atoms with Gasteiger partial charge in [0.15, 0.2) is 0 Å². The molecule has 0 aromatic carbocycles. The number of hydrogen-bond acceptors (Lipinski definition) is 1. The fraction of sp³-hybridized carbons (Fsp3) is 1.00. The Morgan fingerprint density at radius 3 is 2.17 bits per heavy atom. The van der Waals surface area contributed by atoms with Gasteiger partial charge in [-0.05, 0) is 32.9 Å². The van der Waals surface area contributed by atoms with Crippen molar-refractivity contribution in [2.45, 2.75) is 59.4 Å². The maximum absolute atomic E-state index is 2.59.